The van der Waals surface area contributed by atoms with Gasteiger partial charge in [-0.05, 0) is 42.8 Å². The van der Waals surface area contributed by atoms with Gasteiger partial charge in [0.1, 0.15) is 5.75 Å². The number of carbonyl (C=O) groups excluding carboxylic acids is 1. The van der Waals surface area contributed by atoms with Crippen LogP contribution in [0.2, 0.25) is 0 Å². The molecule has 1 N–H and O–H groups in total. The van der Waals surface area contributed by atoms with E-state index < -0.39 is 0 Å². The predicted octanol–water partition coefficient (Wildman–Crippen LogP) is 2.95. The Kier molecular flexibility index (Phi) is 5.58. The summed E-state index contributed by atoms with van der Waals surface area (Å²) in [7, 11) is 1.61. The van der Waals surface area contributed by atoms with Gasteiger partial charge in [-0.2, -0.15) is 4.98 Å². The number of benzene rings is 1. The lowest BCUT2D eigenvalue weighted by Gasteiger charge is -2.13. The minimum Gasteiger partial charge on any atom is -0.497 e. The van der Waals surface area contributed by atoms with Crippen LogP contribution in [0.5, 0.6) is 5.75 Å². The van der Waals surface area contributed by atoms with Crippen molar-refractivity contribution in [3.05, 3.63) is 60.2 Å². The largest absolute Gasteiger partial charge is 0.497 e. The molecule has 134 valence electrons. The van der Waals surface area contributed by atoms with Crippen LogP contribution in [0.1, 0.15) is 30.8 Å². The zero-order chi connectivity index (χ0) is 18.4. The minimum atomic E-state index is -0.103. The molecule has 1 unspecified atom stereocenters. The van der Waals surface area contributed by atoms with Gasteiger partial charge >= 0.3 is 0 Å². The van der Waals surface area contributed by atoms with Gasteiger partial charge in [0.05, 0.1) is 13.2 Å². The number of aromatic nitrogens is 3. The Bertz CT molecular complexity index is 847. The smallest absolute Gasteiger partial charge is 0.227 e. The molecule has 1 amide bonds. The maximum absolute atomic E-state index is 12.1. The Morgan fingerprint density at radius 1 is 1.27 bits per heavy atom. The second-order valence-corrected chi connectivity index (χ2v) is 5.82. The molecule has 0 radical (unpaired) electrons. The van der Waals surface area contributed by atoms with Gasteiger partial charge in [0.25, 0.3) is 0 Å². The summed E-state index contributed by atoms with van der Waals surface area (Å²) in [6.45, 7) is 1.92. The average molecular weight is 352 g/mol. The van der Waals surface area contributed by atoms with Gasteiger partial charge in [-0.15, -0.1) is 0 Å². The lowest BCUT2D eigenvalue weighted by atomic mass is 10.1. The van der Waals surface area contributed by atoms with Crippen LogP contribution < -0.4 is 10.1 Å². The third kappa shape index (κ3) is 4.44. The monoisotopic (exact) mass is 352 g/mol. The Labute approximate surface area is 151 Å². The first-order valence-corrected chi connectivity index (χ1v) is 8.32. The highest BCUT2D eigenvalue weighted by Crippen LogP contribution is 2.20. The number of hydrogen-bond acceptors (Lipinski definition) is 6. The third-order valence-electron chi connectivity index (χ3n) is 3.94. The number of aryl methyl sites for hydroxylation is 1. The van der Waals surface area contributed by atoms with Crippen LogP contribution >= 0.6 is 0 Å². The number of pyridine rings is 1. The van der Waals surface area contributed by atoms with Crippen LogP contribution in [0.4, 0.5) is 0 Å². The van der Waals surface area contributed by atoms with E-state index >= 15 is 0 Å². The highest BCUT2D eigenvalue weighted by Gasteiger charge is 2.13. The summed E-state index contributed by atoms with van der Waals surface area (Å²) < 4.78 is 10.4. The summed E-state index contributed by atoms with van der Waals surface area (Å²) in [6.07, 6.45) is 4.10. The van der Waals surface area contributed by atoms with E-state index in [9.17, 15) is 4.79 Å². The van der Waals surface area contributed by atoms with E-state index in [1.165, 1.54) is 0 Å². The first kappa shape index (κ1) is 17.6. The maximum atomic E-state index is 12.1. The van der Waals surface area contributed by atoms with Crippen LogP contribution in [0, 0.1) is 0 Å². The standard InChI is InChI=1S/C19H20N4O3/c1-13(15-4-3-11-20-12-15)21-17(24)9-10-18-22-19(23-26-18)14-5-7-16(25-2)8-6-14/h3-8,11-13H,9-10H2,1-2H3,(H,21,24). The first-order valence-electron chi connectivity index (χ1n) is 8.32. The summed E-state index contributed by atoms with van der Waals surface area (Å²) >= 11 is 0. The summed E-state index contributed by atoms with van der Waals surface area (Å²) in [4.78, 5) is 20.5. The molecule has 3 aromatic rings. The average Bonchev–Trinajstić information content (AvgIpc) is 3.16. The number of nitrogens with one attached hydrogen (secondary N) is 1. The molecule has 0 aliphatic rings. The number of nitrogens with zero attached hydrogens (tertiary/aromatic N) is 3. The molecule has 2 heterocycles. The van der Waals surface area contributed by atoms with Crippen molar-refractivity contribution in [1.82, 2.24) is 20.4 Å². The Hall–Kier alpha value is -3.22. The van der Waals surface area contributed by atoms with E-state index in [1.54, 1.807) is 19.5 Å². The van der Waals surface area contributed by atoms with E-state index in [4.69, 9.17) is 9.26 Å². The van der Waals surface area contributed by atoms with Crippen molar-refractivity contribution >= 4 is 5.91 Å². The molecular formula is C19H20N4O3. The fourth-order valence-electron chi connectivity index (χ4n) is 2.46. The highest BCUT2D eigenvalue weighted by molar-refractivity contribution is 5.76. The lowest BCUT2D eigenvalue weighted by molar-refractivity contribution is -0.121. The van der Waals surface area contributed by atoms with Gasteiger partial charge in [0.2, 0.25) is 17.6 Å². The van der Waals surface area contributed by atoms with Gasteiger partial charge in [-0.3, -0.25) is 9.78 Å². The zero-order valence-electron chi connectivity index (χ0n) is 14.7. The van der Waals surface area contributed by atoms with E-state index in [-0.39, 0.29) is 18.4 Å². The molecule has 7 heteroatoms. The molecule has 0 aliphatic heterocycles. The van der Waals surface area contributed by atoms with E-state index in [0.29, 0.717) is 18.1 Å². The zero-order valence-corrected chi connectivity index (χ0v) is 14.7. The number of amides is 1. The topological polar surface area (TPSA) is 90.1 Å². The molecule has 0 aliphatic carbocycles. The Morgan fingerprint density at radius 2 is 2.08 bits per heavy atom. The van der Waals surface area contributed by atoms with Crippen molar-refractivity contribution in [2.45, 2.75) is 25.8 Å². The predicted molar refractivity (Wildman–Crippen MR) is 95.4 cm³/mol. The molecule has 0 saturated carbocycles. The van der Waals surface area contributed by atoms with Crippen molar-refractivity contribution in [2.75, 3.05) is 7.11 Å². The summed E-state index contributed by atoms with van der Waals surface area (Å²) in [6, 6.07) is 11.0. The normalized spacial score (nSPS) is 11.8. The molecule has 26 heavy (non-hydrogen) atoms. The maximum Gasteiger partial charge on any atom is 0.227 e. The van der Waals surface area contributed by atoms with Gasteiger partial charge in [-0.1, -0.05) is 11.2 Å². The van der Waals surface area contributed by atoms with Gasteiger partial charge < -0.3 is 14.6 Å². The lowest BCUT2D eigenvalue weighted by Crippen LogP contribution is -2.26. The van der Waals surface area contributed by atoms with Crippen LogP contribution in [0.25, 0.3) is 11.4 Å². The molecule has 0 spiro atoms. The first-order chi connectivity index (χ1) is 12.7. The molecule has 7 nitrogen and oxygen atoms in total. The minimum absolute atomic E-state index is 0.0782. The highest BCUT2D eigenvalue weighted by atomic mass is 16.5. The number of carbonyl (C=O) groups is 1. The van der Waals surface area contributed by atoms with Crippen LogP contribution in [0.15, 0.2) is 53.3 Å². The number of methoxy groups -OCH3 is 1. The van der Waals surface area contributed by atoms with Crippen molar-refractivity contribution in [3.8, 4) is 17.1 Å². The van der Waals surface area contributed by atoms with Crippen molar-refractivity contribution in [1.29, 1.82) is 0 Å². The molecule has 2 aromatic heterocycles. The number of hydrogen-bond donors (Lipinski definition) is 1. The Balaban J connectivity index is 1.53. The number of rotatable bonds is 7. The summed E-state index contributed by atoms with van der Waals surface area (Å²) in [5.74, 6) is 1.61. The second kappa shape index (κ2) is 8.24. The summed E-state index contributed by atoms with van der Waals surface area (Å²) in [5.41, 5.74) is 1.79. The van der Waals surface area contributed by atoms with Crippen LogP contribution in [0.3, 0.4) is 0 Å². The van der Waals surface area contributed by atoms with E-state index in [2.05, 4.69) is 20.4 Å². The Morgan fingerprint density at radius 3 is 2.77 bits per heavy atom. The second-order valence-electron chi connectivity index (χ2n) is 5.82. The summed E-state index contributed by atoms with van der Waals surface area (Å²) in [5, 5.41) is 6.90. The SMILES string of the molecule is COc1ccc(-c2noc(CCC(=O)NC(C)c3cccnc3)n2)cc1. The number of ether oxygens (including phenoxy) is 1. The fourth-order valence-corrected chi connectivity index (χ4v) is 2.46. The van der Waals surface area contributed by atoms with Crippen molar-refractivity contribution in [3.63, 3.8) is 0 Å². The molecule has 3 rings (SSSR count). The van der Waals surface area contributed by atoms with Crippen LogP contribution in [-0.2, 0) is 11.2 Å². The van der Waals surface area contributed by atoms with Crippen LogP contribution in [-0.4, -0.2) is 28.1 Å². The van der Waals surface area contributed by atoms with E-state index in [0.717, 1.165) is 16.9 Å². The van der Waals surface area contributed by atoms with Gasteiger partial charge in [-0.25, -0.2) is 0 Å². The fraction of sp³-hybridized carbons (Fsp3) is 0.263. The van der Waals surface area contributed by atoms with Crippen molar-refractivity contribution < 1.29 is 14.1 Å². The van der Waals surface area contributed by atoms with Crippen molar-refractivity contribution in [2.24, 2.45) is 0 Å². The van der Waals surface area contributed by atoms with E-state index in [1.807, 2.05) is 43.3 Å². The molecule has 0 fully saturated rings. The molecule has 0 saturated heterocycles. The molecular weight excluding hydrogens is 332 g/mol. The van der Waals surface area contributed by atoms with Gasteiger partial charge in [0, 0.05) is 30.8 Å². The molecule has 0 bridgehead atoms. The quantitative estimate of drug-likeness (QED) is 0.703. The van der Waals surface area contributed by atoms with Gasteiger partial charge in [0.15, 0.2) is 0 Å². The molecule has 1 atom stereocenters. The molecule has 1 aromatic carbocycles. The third-order valence-corrected chi connectivity index (χ3v) is 3.94.